The Hall–Kier alpha value is -2.22. The van der Waals surface area contributed by atoms with E-state index in [2.05, 4.69) is 13.8 Å². The van der Waals surface area contributed by atoms with Gasteiger partial charge in [0.15, 0.2) is 11.6 Å². The van der Waals surface area contributed by atoms with Crippen LogP contribution in [0.15, 0.2) is 36.4 Å². The van der Waals surface area contributed by atoms with E-state index in [0.29, 0.717) is 22.3 Å². The molecule has 2 aromatic carbocycles. The first-order valence-corrected chi connectivity index (χ1v) is 10.0. The predicted octanol–water partition coefficient (Wildman–Crippen LogP) is 5.93. The second-order valence-corrected chi connectivity index (χ2v) is 7.33. The number of carbonyl (C=O) groups is 2. The number of rotatable bonds is 8. The molecule has 0 heterocycles. The van der Waals surface area contributed by atoms with Crippen LogP contribution < -0.4 is 0 Å². The molecule has 0 saturated heterocycles. The lowest BCUT2D eigenvalue weighted by Crippen LogP contribution is -2.21. The molecule has 3 rings (SSSR count). The van der Waals surface area contributed by atoms with Crippen molar-refractivity contribution in [2.75, 3.05) is 0 Å². The van der Waals surface area contributed by atoms with E-state index in [1.165, 1.54) is 25.7 Å². The van der Waals surface area contributed by atoms with Crippen LogP contribution in [0.4, 0.5) is 0 Å². The predicted molar refractivity (Wildman–Crippen MR) is 106 cm³/mol. The maximum atomic E-state index is 13.1. The Morgan fingerprint density at radius 3 is 1.42 bits per heavy atom. The van der Waals surface area contributed by atoms with Crippen LogP contribution in [0.3, 0.4) is 0 Å². The summed E-state index contributed by atoms with van der Waals surface area (Å²) in [4.78, 5) is 25.9. The molecule has 0 spiro atoms. The lowest BCUT2D eigenvalue weighted by atomic mass is 9.82. The van der Waals surface area contributed by atoms with Crippen molar-refractivity contribution in [3.63, 3.8) is 0 Å². The van der Waals surface area contributed by atoms with Crippen molar-refractivity contribution in [1.29, 1.82) is 0 Å². The van der Waals surface area contributed by atoms with Crippen molar-refractivity contribution in [3.05, 3.63) is 69.8 Å². The topological polar surface area (TPSA) is 34.1 Å². The van der Waals surface area contributed by atoms with Crippen molar-refractivity contribution in [1.82, 2.24) is 0 Å². The average Bonchev–Trinajstić information content (AvgIpc) is 2.66. The number of aryl methyl sites for hydroxylation is 2. The van der Waals surface area contributed by atoms with E-state index in [4.69, 9.17) is 0 Å². The van der Waals surface area contributed by atoms with Crippen LogP contribution in [0.1, 0.15) is 95.3 Å². The number of benzene rings is 2. The van der Waals surface area contributed by atoms with E-state index in [0.717, 1.165) is 36.8 Å². The maximum Gasteiger partial charge on any atom is 0.194 e. The Balaban J connectivity index is 1.88. The van der Waals surface area contributed by atoms with Gasteiger partial charge in [0.05, 0.1) is 0 Å². The van der Waals surface area contributed by atoms with Crippen molar-refractivity contribution >= 4 is 11.6 Å². The molecule has 136 valence electrons. The zero-order valence-electron chi connectivity index (χ0n) is 15.9. The minimum absolute atomic E-state index is 0.00397. The Labute approximate surface area is 156 Å². The second kappa shape index (κ2) is 8.44. The van der Waals surface area contributed by atoms with Crippen LogP contribution in [0.5, 0.6) is 0 Å². The normalized spacial score (nSPS) is 12.8. The molecule has 2 nitrogen and oxygen atoms in total. The van der Waals surface area contributed by atoms with Crippen LogP contribution >= 0.6 is 0 Å². The summed E-state index contributed by atoms with van der Waals surface area (Å²) in [5.41, 5.74) is 4.59. The molecule has 0 fully saturated rings. The summed E-state index contributed by atoms with van der Waals surface area (Å²) in [5, 5.41) is 0. The molecular weight excluding hydrogens is 320 g/mol. The van der Waals surface area contributed by atoms with Crippen molar-refractivity contribution in [3.8, 4) is 0 Å². The van der Waals surface area contributed by atoms with Crippen molar-refractivity contribution in [2.45, 2.75) is 65.2 Å². The van der Waals surface area contributed by atoms with E-state index < -0.39 is 0 Å². The summed E-state index contributed by atoms with van der Waals surface area (Å²) in [7, 11) is 0. The number of fused-ring (bicyclic) bond motifs is 2. The van der Waals surface area contributed by atoms with Gasteiger partial charge in [-0.15, -0.1) is 0 Å². The van der Waals surface area contributed by atoms with E-state index in [-0.39, 0.29) is 11.6 Å². The molecular formula is C24H28O2. The average molecular weight is 348 g/mol. The third kappa shape index (κ3) is 3.80. The summed E-state index contributed by atoms with van der Waals surface area (Å²) in [5.74, 6) is -0.0147. The minimum atomic E-state index is -0.0187. The minimum Gasteiger partial charge on any atom is -0.289 e. The molecule has 1 aliphatic carbocycles. The van der Waals surface area contributed by atoms with E-state index in [1.807, 2.05) is 36.4 Å². The Bertz CT molecular complexity index is 751. The quantitative estimate of drug-likeness (QED) is 0.473. The molecule has 0 aliphatic heterocycles. The fraction of sp³-hybridized carbons (Fsp3) is 0.417. The van der Waals surface area contributed by atoms with E-state index in [9.17, 15) is 9.59 Å². The van der Waals surface area contributed by atoms with E-state index in [1.54, 1.807) is 0 Å². The molecule has 0 bridgehead atoms. The standard InChI is InChI=1S/C24H28O2/c1-3-5-7-9-17-11-13-19-21(15-17)24(26)22-16-18(10-8-6-4-2)12-14-20(22)23(19)25/h11-16H,3-10H2,1-2H3. The molecule has 0 amide bonds. The van der Waals surface area contributed by atoms with Gasteiger partial charge in [-0.25, -0.2) is 0 Å². The molecule has 0 unspecified atom stereocenters. The maximum absolute atomic E-state index is 13.1. The van der Waals surface area contributed by atoms with E-state index >= 15 is 0 Å². The lowest BCUT2D eigenvalue weighted by Gasteiger charge is -2.19. The first-order chi connectivity index (χ1) is 12.7. The third-order valence-electron chi connectivity index (χ3n) is 5.28. The van der Waals surface area contributed by atoms with Gasteiger partial charge in [-0.05, 0) is 48.9 Å². The number of hydrogen-bond acceptors (Lipinski definition) is 2. The molecule has 2 aromatic rings. The number of hydrogen-bond donors (Lipinski definition) is 0. The molecule has 0 saturated carbocycles. The molecule has 1 aliphatic rings. The summed E-state index contributed by atoms with van der Waals surface area (Å²) in [6.45, 7) is 4.37. The van der Waals surface area contributed by atoms with Gasteiger partial charge in [0.25, 0.3) is 0 Å². The highest BCUT2D eigenvalue weighted by atomic mass is 16.1. The largest absolute Gasteiger partial charge is 0.289 e. The molecule has 26 heavy (non-hydrogen) atoms. The summed E-state index contributed by atoms with van der Waals surface area (Å²) < 4.78 is 0. The van der Waals surface area contributed by atoms with Gasteiger partial charge in [-0.2, -0.15) is 0 Å². The number of unbranched alkanes of at least 4 members (excludes halogenated alkanes) is 4. The van der Waals surface area contributed by atoms with Gasteiger partial charge in [0.1, 0.15) is 0 Å². The fourth-order valence-corrected chi connectivity index (χ4v) is 3.71. The van der Waals surface area contributed by atoms with Crippen LogP contribution in [-0.2, 0) is 12.8 Å². The van der Waals surface area contributed by atoms with Gasteiger partial charge in [-0.3, -0.25) is 9.59 Å². The zero-order valence-corrected chi connectivity index (χ0v) is 15.9. The van der Waals surface area contributed by atoms with Gasteiger partial charge in [0, 0.05) is 22.3 Å². The summed E-state index contributed by atoms with van der Waals surface area (Å²) in [6, 6.07) is 11.6. The van der Waals surface area contributed by atoms with Crippen LogP contribution in [0, 0.1) is 0 Å². The fourth-order valence-electron chi connectivity index (χ4n) is 3.71. The highest BCUT2D eigenvalue weighted by Gasteiger charge is 2.29. The van der Waals surface area contributed by atoms with Crippen LogP contribution in [-0.4, -0.2) is 11.6 Å². The lowest BCUT2D eigenvalue weighted by molar-refractivity contribution is 0.0979. The first kappa shape index (κ1) is 18.6. The third-order valence-corrected chi connectivity index (χ3v) is 5.28. The van der Waals surface area contributed by atoms with Crippen molar-refractivity contribution < 1.29 is 9.59 Å². The van der Waals surface area contributed by atoms with Crippen LogP contribution in [0.25, 0.3) is 0 Å². The Kier molecular flexibility index (Phi) is 6.03. The highest BCUT2D eigenvalue weighted by Crippen LogP contribution is 2.29. The molecule has 0 radical (unpaired) electrons. The molecule has 0 atom stereocenters. The smallest absolute Gasteiger partial charge is 0.194 e. The Morgan fingerprint density at radius 1 is 0.577 bits per heavy atom. The number of carbonyl (C=O) groups excluding carboxylic acids is 2. The van der Waals surface area contributed by atoms with Gasteiger partial charge in [0.2, 0.25) is 0 Å². The second-order valence-electron chi connectivity index (χ2n) is 7.33. The highest BCUT2D eigenvalue weighted by molar-refractivity contribution is 6.28. The molecule has 0 N–H and O–H groups in total. The van der Waals surface area contributed by atoms with Gasteiger partial charge >= 0.3 is 0 Å². The SMILES string of the molecule is CCCCCc1ccc2c(c1)C(=O)c1cc(CCCCC)ccc1C2=O. The number of ketones is 2. The monoisotopic (exact) mass is 348 g/mol. The molecule has 2 heteroatoms. The summed E-state index contributed by atoms with van der Waals surface area (Å²) >= 11 is 0. The molecule has 0 aromatic heterocycles. The van der Waals surface area contributed by atoms with Gasteiger partial charge in [-0.1, -0.05) is 63.8 Å². The first-order valence-electron chi connectivity index (χ1n) is 10.0. The van der Waals surface area contributed by atoms with Crippen LogP contribution in [0.2, 0.25) is 0 Å². The van der Waals surface area contributed by atoms with Crippen molar-refractivity contribution in [2.24, 2.45) is 0 Å². The summed E-state index contributed by atoms with van der Waals surface area (Å²) in [6.07, 6.45) is 8.90. The Morgan fingerprint density at radius 2 is 1.00 bits per heavy atom. The zero-order chi connectivity index (χ0) is 18.5. The van der Waals surface area contributed by atoms with Gasteiger partial charge < -0.3 is 0 Å².